The van der Waals surface area contributed by atoms with Gasteiger partial charge in [-0.25, -0.2) is 4.79 Å². The average molecular weight is 344 g/mol. The van der Waals surface area contributed by atoms with Gasteiger partial charge >= 0.3 is 12.2 Å². The highest BCUT2D eigenvalue weighted by Crippen LogP contribution is 2.42. The van der Waals surface area contributed by atoms with Crippen molar-refractivity contribution in [2.24, 2.45) is 0 Å². The molecular weight excluding hydrogens is 329 g/mol. The van der Waals surface area contributed by atoms with E-state index in [1.807, 2.05) is 11.4 Å². The summed E-state index contributed by atoms with van der Waals surface area (Å²) in [5.41, 5.74) is -0.278. The molecule has 0 unspecified atom stereocenters. The Morgan fingerprint density at radius 3 is 2.83 bits per heavy atom. The van der Waals surface area contributed by atoms with Crippen LogP contribution in [0.4, 0.5) is 23.0 Å². The first-order chi connectivity index (χ1) is 10.9. The van der Waals surface area contributed by atoms with E-state index in [2.05, 4.69) is 15.7 Å². The third-order valence-corrected chi connectivity index (χ3v) is 4.25. The molecular formula is C14H15F3N4OS. The van der Waals surface area contributed by atoms with Crippen LogP contribution in [0.1, 0.15) is 30.1 Å². The van der Waals surface area contributed by atoms with Crippen molar-refractivity contribution in [3.8, 4) is 0 Å². The Morgan fingerprint density at radius 2 is 2.22 bits per heavy atom. The normalized spacial score (nSPS) is 14.7. The van der Waals surface area contributed by atoms with Crippen LogP contribution in [-0.2, 0) is 12.7 Å². The van der Waals surface area contributed by atoms with Gasteiger partial charge in [0.25, 0.3) is 0 Å². The number of carbonyl (C=O) groups excluding carboxylic acids is 1. The smallest absolute Gasteiger partial charge is 0.336 e. The number of nitrogens with one attached hydrogen (secondary N) is 2. The second kappa shape index (κ2) is 6.23. The average Bonchev–Trinajstić information content (AvgIpc) is 3.01. The van der Waals surface area contributed by atoms with Crippen LogP contribution >= 0.6 is 11.3 Å². The zero-order valence-corrected chi connectivity index (χ0v) is 12.9. The van der Waals surface area contributed by atoms with Crippen molar-refractivity contribution < 1.29 is 18.0 Å². The maximum Gasteiger partial charge on any atom is 0.435 e. The molecule has 0 spiro atoms. The quantitative estimate of drug-likeness (QED) is 0.870. The van der Waals surface area contributed by atoms with Crippen LogP contribution < -0.4 is 10.6 Å². The van der Waals surface area contributed by atoms with Gasteiger partial charge in [-0.3, -0.25) is 10.00 Å². The van der Waals surface area contributed by atoms with Crippen LogP contribution in [0, 0.1) is 0 Å². The molecule has 0 bridgehead atoms. The molecule has 2 aromatic heterocycles. The molecule has 1 fully saturated rings. The molecule has 0 saturated heterocycles. The summed E-state index contributed by atoms with van der Waals surface area (Å²) in [5, 5.41) is 11.4. The molecule has 2 N–H and O–H groups in total. The van der Waals surface area contributed by atoms with E-state index in [4.69, 9.17) is 0 Å². The Bertz CT molecular complexity index is 677. The van der Waals surface area contributed by atoms with Gasteiger partial charge in [0.2, 0.25) is 0 Å². The van der Waals surface area contributed by atoms with E-state index in [0.29, 0.717) is 10.7 Å². The Kier molecular flexibility index (Phi) is 4.29. The van der Waals surface area contributed by atoms with E-state index in [1.165, 1.54) is 16.0 Å². The largest absolute Gasteiger partial charge is 0.435 e. The predicted octanol–water partition coefficient (Wildman–Crippen LogP) is 3.66. The highest BCUT2D eigenvalue weighted by molar-refractivity contribution is 7.14. The molecule has 124 valence electrons. The van der Waals surface area contributed by atoms with Crippen LogP contribution in [0.5, 0.6) is 0 Å². The topological polar surface area (TPSA) is 59.0 Å². The zero-order valence-electron chi connectivity index (χ0n) is 12.1. The van der Waals surface area contributed by atoms with Crippen molar-refractivity contribution in [2.75, 3.05) is 11.9 Å². The number of aromatic nitrogens is 2. The van der Waals surface area contributed by atoms with Gasteiger partial charge in [-0.15, -0.1) is 11.3 Å². The lowest BCUT2D eigenvalue weighted by atomic mass is 10.2. The molecule has 1 saturated carbocycles. The summed E-state index contributed by atoms with van der Waals surface area (Å²) in [5.74, 6) is 0.151. The van der Waals surface area contributed by atoms with Gasteiger partial charge in [0.05, 0.1) is 11.5 Å². The Hall–Kier alpha value is -2.03. The Balaban J connectivity index is 1.57. The number of rotatable bonds is 5. The molecule has 2 aromatic rings. The maximum atomic E-state index is 12.8. The van der Waals surface area contributed by atoms with Crippen molar-refractivity contribution >= 4 is 22.4 Å². The summed E-state index contributed by atoms with van der Waals surface area (Å²) in [6, 6.07) is 4.30. The molecule has 0 aliphatic heterocycles. The number of urea groups is 1. The van der Waals surface area contributed by atoms with Crippen LogP contribution in [0.15, 0.2) is 23.6 Å². The fourth-order valence-corrected chi connectivity index (χ4v) is 2.85. The standard InChI is InChI=1S/C14H15F3N4OS/c15-14(16,17)11-8-10(9-3-4-9)21(20-11)6-5-18-13(22)19-12-2-1-7-23-12/h1-2,7-9H,3-6H2,(H2,18,19,22). The van der Waals surface area contributed by atoms with E-state index in [9.17, 15) is 18.0 Å². The third kappa shape index (κ3) is 4.04. The Morgan fingerprint density at radius 1 is 1.43 bits per heavy atom. The fraction of sp³-hybridized carbons (Fsp3) is 0.429. The number of carbonyl (C=O) groups is 1. The van der Waals surface area contributed by atoms with Gasteiger partial charge in [0.15, 0.2) is 5.69 Å². The first-order valence-electron chi connectivity index (χ1n) is 7.17. The first-order valence-corrected chi connectivity index (χ1v) is 8.05. The second-order valence-electron chi connectivity index (χ2n) is 5.31. The molecule has 0 atom stereocenters. The highest BCUT2D eigenvalue weighted by atomic mass is 32.1. The zero-order chi connectivity index (χ0) is 16.4. The number of amides is 2. The van der Waals surface area contributed by atoms with Gasteiger partial charge in [-0.05, 0) is 36.4 Å². The maximum absolute atomic E-state index is 12.8. The van der Waals surface area contributed by atoms with E-state index < -0.39 is 11.9 Å². The van der Waals surface area contributed by atoms with E-state index in [1.54, 1.807) is 6.07 Å². The van der Waals surface area contributed by atoms with Gasteiger partial charge in [-0.2, -0.15) is 18.3 Å². The minimum atomic E-state index is -4.45. The fourth-order valence-electron chi connectivity index (χ4n) is 2.24. The van der Waals surface area contributed by atoms with Gasteiger partial charge in [0.1, 0.15) is 0 Å². The summed E-state index contributed by atoms with van der Waals surface area (Å²) >= 11 is 1.39. The van der Waals surface area contributed by atoms with Crippen molar-refractivity contribution in [1.82, 2.24) is 15.1 Å². The molecule has 2 amide bonds. The molecule has 5 nitrogen and oxygen atoms in total. The molecule has 1 aliphatic carbocycles. The second-order valence-corrected chi connectivity index (χ2v) is 6.26. The molecule has 9 heteroatoms. The number of nitrogens with zero attached hydrogens (tertiary/aromatic N) is 2. The molecule has 3 rings (SSSR count). The van der Waals surface area contributed by atoms with Crippen LogP contribution in [0.2, 0.25) is 0 Å². The predicted molar refractivity (Wildman–Crippen MR) is 80.5 cm³/mol. The molecule has 2 heterocycles. The third-order valence-electron chi connectivity index (χ3n) is 3.46. The van der Waals surface area contributed by atoms with Crippen molar-refractivity contribution in [3.63, 3.8) is 0 Å². The summed E-state index contributed by atoms with van der Waals surface area (Å²) in [6.07, 6.45) is -2.68. The van der Waals surface area contributed by atoms with Crippen LogP contribution in [-0.4, -0.2) is 22.4 Å². The van der Waals surface area contributed by atoms with Gasteiger partial charge in [-0.1, -0.05) is 0 Å². The van der Waals surface area contributed by atoms with Crippen molar-refractivity contribution in [1.29, 1.82) is 0 Å². The van der Waals surface area contributed by atoms with E-state index >= 15 is 0 Å². The Labute approximate surface area is 134 Å². The number of thiophene rings is 1. The molecule has 0 radical (unpaired) electrons. The lowest BCUT2D eigenvalue weighted by molar-refractivity contribution is -0.141. The highest BCUT2D eigenvalue weighted by Gasteiger charge is 2.37. The lowest BCUT2D eigenvalue weighted by Crippen LogP contribution is -2.31. The van der Waals surface area contributed by atoms with E-state index in [-0.39, 0.29) is 25.0 Å². The van der Waals surface area contributed by atoms with E-state index in [0.717, 1.165) is 18.9 Å². The minimum absolute atomic E-state index is 0.151. The molecule has 0 aromatic carbocycles. The number of hydrogen-bond acceptors (Lipinski definition) is 3. The lowest BCUT2D eigenvalue weighted by Gasteiger charge is -2.08. The SMILES string of the molecule is O=C(NCCn1nc(C(F)(F)F)cc1C1CC1)Nc1cccs1. The van der Waals surface area contributed by atoms with Gasteiger partial charge in [0, 0.05) is 18.2 Å². The summed E-state index contributed by atoms with van der Waals surface area (Å²) < 4.78 is 39.7. The van der Waals surface area contributed by atoms with Crippen molar-refractivity contribution in [3.05, 3.63) is 35.0 Å². The number of alkyl halides is 3. The number of anilines is 1. The first kappa shape index (κ1) is 15.9. The van der Waals surface area contributed by atoms with Crippen LogP contribution in [0.25, 0.3) is 0 Å². The van der Waals surface area contributed by atoms with Gasteiger partial charge < -0.3 is 5.32 Å². The summed E-state index contributed by atoms with van der Waals surface area (Å²) in [4.78, 5) is 11.7. The molecule has 1 aliphatic rings. The monoisotopic (exact) mass is 344 g/mol. The number of halogens is 3. The molecule has 23 heavy (non-hydrogen) atoms. The minimum Gasteiger partial charge on any atom is -0.336 e. The van der Waals surface area contributed by atoms with Crippen molar-refractivity contribution in [2.45, 2.75) is 31.5 Å². The number of hydrogen-bond donors (Lipinski definition) is 2. The summed E-state index contributed by atoms with van der Waals surface area (Å²) in [7, 11) is 0. The summed E-state index contributed by atoms with van der Waals surface area (Å²) in [6.45, 7) is 0.412. The van der Waals surface area contributed by atoms with Crippen LogP contribution in [0.3, 0.4) is 0 Å².